The highest BCUT2D eigenvalue weighted by Crippen LogP contribution is 2.49. The molecule has 4 rings (SSSR count). The number of benzene rings is 1. The van der Waals surface area contributed by atoms with Gasteiger partial charge in [0.2, 0.25) is 11.8 Å². The van der Waals surface area contributed by atoms with Crippen molar-refractivity contribution in [2.24, 2.45) is 11.3 Å². The Balaban J connectivity index is 1.24. The van der Waals surface area contributed by atoms with Crippen LogP contribution >= 0.6 is 0 Å². The number of amides is 2. The molecule has 5 heteroatoms. The lowest BCUT2D eigenvalue weighted by Gasteiger charge is -2.54. The van der Waals surface area contributed by atoms with E-state index in [0.29, 0.717) is 19.6 Å². The second-order valence-corrected chi connectivity index (χ2v) is 8.39. The maximum absolute atomic E-state index is 12.6. The van der Waals surface area contributed by atoms with Crippen LogP contribution in [-0.4, -0.2) is 49.1 Å². The largest absolute Gasteiger partial charge is 0.381 e. The summed E-state index contributed by atoms with van der Waals surface area (Å²) in [5, 5.41) is 3.28. The van der Waals surface area contributed by atoms with Gasteiger partial charge >= 0.3 is 0 Å². The predicted molar refractivity (Wildman–Crippen MR) is 103 cm³/mol. The number of hydrogen-bond acceptors (Lipinski definition) is 3. The fraction of sp³-hybridized carbons (Fsp3) is 0.636. The molecule has 2 aliphatic heterocycles. The van der Waals surface area contributed by atoms with Gasteiger partial charge in [-0.25, -0.2) is 0 Å². The summed E-state index contributed by atoms with van der Waals surface area (Å²) >= 11 is 0. The third-order valence-electron chi connectivity index (χ3n) is 6.84. The van der Waals surface area contributed by atoms with Gasteiger partial charge < -0.3 is 15.0 Å². The molecule has 27 heavy (non-hydrogen) atoms. The summed E-state index contributed by atoms with van der Waals surface area (Å²) in [5.41, 5.74) is 1.42. The maximum atomic E-state index is 12.6. The molecule has 2 amide bonds. The van der Waals surface area contributed by atoms with Gasteiger partial charge in [0.25, 0.3) is 0 Å². The number of aryl methyl sites for hydroxylation is 1. The van der Waals surface area contributed by atoms with E-state index in [9.17, 15) is 9.59 Å². The van der Waals surface area contributed by atoms with E-state index in [-0.39, 0.29) is 29.2 Å². The minimum Gasteiger partial charge on any atom is -0.381 e. The van der Waals surface area contributed by atoms with E-state index in [1.165, 1.54) is 12.0 Å². The van der Waals surface area contributed by atoms with Gasteiger partial charge in [-0.15, -0.1) is 0 Å². The van der Waals surface area contributed by atoms with Gasteiger partial charge in [-0.1, -0.05) is 30.3 Å². The zero-order valence-electron chi connectivity index (χ0n) is 16.0. The lowest BCUT2D eigenvalue weighted by Crippen LogP contribution is -2.60. The summed E-state index contributed by atoms with van der Waals surface area (Å²) in [4.78, 5) is 27.0. The highest BCUT2D eigenvalue weighted by atomic mass is 16.5. The first-order valence-corrected chi connectivity index (χ1v) is 10.4. The molecule has 1 N–H and O–H groups in total. The van der Waals surface area contributed by atoms with Crippen LogP contribution in [0.5, 0.6) is 0 Å². The van der Waals surface area contributed by atoms with Gasteiger partial charge in [-0.05, 0) is 49.5 Å². The van der Waals surface area contributed by atoms with E-state index in [1.807, 2.05) is 23.1 Å². The van der Waals surface area contributed by atoms with Crippen LogP contribution in [-0.2, 0) is 20.7 Å². The number of carbonyl (C=O) groups excluding carboxylic acids is 2. The number of nitrogens with one attached hydrogen (secondary N) is 1. The van der Waals surface area contributed by atoms with Crippen molar-refractivity contribution in [2.75, 3.05) is 26.3 Å². The smallest absolute Gasteiger partial charge is 0.228 e. The fourth-order valence-electron chi connectivity index (χ4n) is 4.85. The van der Waals surface area contributed by atoms with Gasteiger partial charge in [0.1, 0.15) is 0 Å². The van der Waals surface area contributed by atoms with E-state index in [0.717, 1.165) is 45.2 Å². The van der Waals surface area contributed by atoms with Crippen molar-refractivity contribution in [1.29, 1.82) is 0 Å². The summed E-state index contributed by atoms with van der Waals surface area (Å²) in [6.07, 6.45) is 6.46. The average molecular weight is 370 g/mol. The SMILES string of the molecule is O=C(CCc1ccccc1)NC1CCC12CCN(C(=O)C1CCOC1)CC2. The second-order valence-electron chi connectivity index (χ2n) is 8.39. The molecule has 1 saturated carbocycles. The molecular weight excluding hydrogens is 340 g/mol. The Labute approximate surface area is 161 Å². The fourth-order valence-corrected chi connectivity index (χ4v) is 4.85. The van der Waals surface area contributed by atoms with Gasteiger partial charge in [0.05, 0.1) is 12.5 Å². The molecule has 1 aliphatic carbocycles. The first kappa shape index (κ1) is 18.5. The van der Waals surface area contributed by atoms with Crippen molar-refractivity contribution in [3.05, 3.63) is 35.9 Å². The molecule has 2 atom stereocenters. The van der Waals surface area contributed by atoms with E-state index in [1.54, 1.807) is 0 Å². The molecule has 2 heterocycles. The normalized spacial score (nSPS) is 26.6. The van der Waals surface area contributed by atoms with E-state index >= 15 is 0 Å². The second kappa shape index (κ2) is 8.01. The Morgan fingerprint density at radius 2 is 1.89 bits per heavy atom. The van der Waals surface area contributed by atoms with Crippen molar-refractivity contribution in [3.63, 3.8) is 0 Å². The van der Waals surface area contributed by atoms with Crippen molar-refractivity contribution in [3.8, 4) is 0 Å². The Hall–Kier alpha value is -1.88. The molecule has 3 fully saturated rings. The molecule has 1 spiro atoms. The average Bonchev–Trinajstić information content (AvgIpc) is 3.25. The summed E-state index contributed by atoms with van der Waals surface area (Å²) in [7, 11) is 0. The minimum atomic E-state index is 0.0638. The molecule has 0 aromatic heterocycles. The van der Waals surface area contributed by atoms with Gasteiger partial charge in [0, 0.05) is 32.2 Å². The van der Waals surface area contributed by atoms with Crippen LogP contribution in [0.4, 0.5) is 0 Å². The van der Waals surface area contributed by atoms with E-state index in [4.69, 9.17) is 4.74 Å². The Kier molecular flexibility index (Phi) is 5.48. The standard InChI is InChI=1S/C22H30N2O3/c25-20(7-6-17-4-2-1-3-5-17)23-19-8-10-22(19)11-13-24(14-12-22)21(26)18-9-15-27-16-18/h1-5,18-19H,6-16H2,(H,23,25). The monoisotopic (exact) mass is 370 g/mol. The summed E-state index contributed by atoms with van der Waals surface area (Å²) in [6.45, 7) is 2.95. The summed E-state index contributed by atoms with van der Waals surface area (Å²) < 4.78 is 5.36. The summed E-state index contributed by atoms with van der Waals surface area (Å²) in [5.74, 6) is 0.489. The lowest BCUT2D eigenvalue weighted by molar-refractivity contribution is -0.140. The van der Waals surface area contributed by atoms with Crippen LogP contribution in [0.1, 0.15) is 44.1 Å². The van der Waals surface area contributed by atoms with E-state index < -0.39 is 0 Å². The number of hydrogen-bond donors (Lipinski definition) is 1. The van der Waals surface area contributed by atoms with Crippen molar-refractivity contribution >= 4 is 11.8 Å². The minimum absolute atomic E-state index is 0.0638. The first-order valence-electron chi connectivity index (χ1n) is 10.4. The zero-order chi connectivity index (χ0) is 18.7. The molecular formula is C22H30N2O3. The van der Waals surface area contributed by atoms with Gasteiger partial charge in [-0.3, -0.25) is 9.59 Å². The Morgan fingerprint density at radius 3 is 2.52 bits per heavy atom. The zero-order valence-corrected chi connectivity index (χ0v) is 16.0. The molecule has 2 saturated heterocycles. The van der Waals surface area contributed by atoms with Crippen molar-refractivity contribution < 1.29 is 14.3 Å². The molecule has 1 aromatic carbocycles. The third kappa shape index (κ3) is 4.03. The Bertz CT molecular complexity index is 661. The Morgan fingerprint density at radius 1 is 1.11 bits per heavy atom. The highest BCUT2D eigenvalue weighted by molar-refractivity contribution is 5.79. The molecule has 0 bridgehead atoms. The topological polar surface area (TPSA) is 58.6 Å². The number of ether oxygens (including phenoxy) is 1. The number of nitrogens with zero attached hydrogens (tertiary/aromatic N) is 1. The molecule has 5 nitrogen and oxygen atoms in total. The lowest BCUT2D eigenvalue weighted by atomic mass is 9.59. The third-order valence-corrected chi connectivity index (χ3v) is 6.84. The number of likely N-dealkylation sites (tertiary alicyclic amines) is 1. The van der Waals surface area contributed by atoms with Crippen molar-refractivity contribution in [2.45, 2.75) is 51.0 Å². The first-order chi connectivity index (χ1) is 13.2. The number of rotatable bonds is 5. The molecule has 2 unspecified atom stereocenters. The van der Waals surface area contributed by atoms with E-state index in [2.05, 4.69) is 17.4 Å². The van der Waals surface area contributed by atoms with Crippen LogP contribution < -0.4 is 5.32 Å². The van der Waals surface area contributed by atoms with Crippen LogP contribution in [0.25, 0.3) is 0 Å². The van der Waals surface area contributed by atoms with Crippen LogP contribution in [0, 0.1) is 11.3 Å². The van der Waals surface area contributed by atoms with Crippen LogP contribution in [0.3, 0.4) is 0 Å². The quantitative estimate of drug-likeness (QED) is 0.867. The molecule has 3 aliphatic rings. The number of carbonyl (C=O) groups is 2. The molecule has 0 radical (unpaired) electrons. The van der Waals surface area contributed by atoms with Gasteiger partial charge in [-0.2, -0.15) is 0 Å². The molecule has 1 aromatic rings. The molecule has 146 valence electrons. The summed E-state index contributed by atoms with van der Waals surface area (Å²) in [6, 6.07) is 10.5. The number of piperidine rings is 1. The van der Waals surface area contributed by atoms with Crippen LogP contribution in [0.2, 0.25) is 0 Å². The maximum Gasteiger partial charge on any atom is 0.228 e. The predicted octanol–water partition coefficient (Wildman–Crippen LogP) is 2.54. The van der Waals surface area contributed by atoms with Crippen LogP contribution in [0.15, 0.2) is 30.3 Å². The van der Waals surface area contributed by atoms with Crippen molar-refractivity contribution in [1.82, 2.24) is 10.2 Å². The highest BCUT2D eigenvalue weighted by Gasteiger charge is 2.49. The van der Waals surface area contributed by atoms with Gasteiger partial charge in [0.15, 0.2) is 0 Å².